The second-order valence-corrected chi connectivity index (χ2v) is 3.38. The third-order valence-electron chi connectivity index (χ3n) is 1.94. The summed E-state index contributed by atoms with van der Waals surface area (Å²) in [4.78, 5) is 14.5. The number of urea groups is 1. The molecule has 0 spiro atoms. The third kappa shape index (κ3) is 5.19. The lowest BCUT2D eigenvalue weighted by atomic mass is 10.2. The molecule has 0 aliphatic rings. The third-order valence-corrected chi connectivity index (χ3v) is 1.94. The zero-order valence-electron chi connectivity index (χ0n) is 9.14. The van der Waals surface area contributed by atoms with E-state index in [1.165, 1.54) is 19.3 Å². The minimum absolute atomic E-state index is 0.0614. The maximum atomic E-state index is 12.1. The largest absolute Gasteiger partial charge is 0.394 e. The van der Waals surface area contributed by atoms with Gasteiger partial charge in [0.2, 0.25) is 0 Å². The number of nitrogens with one attached hydrogen (secondary N) is 2. The van der Waals surface area contributed by atoms with Crippen LogP contribution in [0.4, 0.5) is 18.0 Å². The number of nitrogens with zero attached hydrogens (tertiary/aromatic N) is 1. The lowest BCUT2D eigenvalue weighted by Gasteiger charge is -2.08. The van der Waals surface area contributed by atoms with Crippen LogP contribution in [-0.2, 0) is 13.0 Å². The molecule has 0 atom stereocenters. The van der Waals surface area contributed by atoms with Crippen LogP contribution in [-0.4, -0.2) is 24.2 Å². The molecule has 0 aromatic carbocycles. The van der Waals surface area contributed by atoms with Gasteiger partial charge in [-0.1, -0.05) is 0 Å². The van der Waals surface area contributed by atoms with Gasteiger partial charge in [0, 0.05) is 25.5 Å². The van der Waals surface area contributed by atoms with Gasteiger partial charge in [-0.15, -0.1) is 0 Å². The molecule has 4 nitrogen and oxygen atoms in total. The molecule has 2 amide bonds. The van der Waals surface area contributed by atoms with Crippen molar-refractivity contribution in [1.82, 2.24) is 15.6 Å². The molecule has 0 saturated carbocycles. The van der Waals surface area contributed by atoms with Crippen LogP contribution in [0.25, 0.3) is 0 Å². The monoisotopic (exact) mass is 247 g/mol. The fourth-order valence-corrected chi connectivity index (χ4v) is 1.21. The average Bonchev–Trinajstić information content (AvgIpc) is 2.24. The Morgan fingerprint density at radius 3 is 2.76 bits per heavy atom. The van der Waals surface area contributed by atoms with Crippen LogP contribution >= 0.6 is 0 Å². The Hall–Kier alpha value is -1.79. The van der Waals surface area contributed by atoms with Crippen molar-refractivity contribution in [2.24, 2.45) is 0 Å². The van der Waals surface area contributed by atoms with Crippen molar-refractivity contribution in [3.63, 3.8) is 0 Å². The predicted molar refractivity (Wildman–Crippen MR) is 55.3 cm³/mol. The lowest BCUT2D eigenvalue weighted by molar-refractivity contribution is -0.127. The van der Waals surface area contributed by atoms with Crippen molar-refractivity contribution in [1.29, 1.82) is 0 Å². The first-order valence-corrected chi connectivity index (χ1v) is 4.87. The minimum Gasteiger partial charge on any atom is -0.341 e. The molecule has 17 heavy (non-hydrogen) atoms. The van der Waals surface area contributed by atoms with Gasteiger partial charge in [-0.05, 0) is 17.7 Å². The summed E-state index contributed by atoms with van der Waals surface area (Å²) in [5, 5.41) is 4.82. The quantitative estimate of drug-likeness (QED) is 0.852. The van der Waals surface area contributed by atoms with Gasteiger partial charge in [0.05, 0.1) is 6.42 Å². The number of hydrogen-bond acceptors (Lipinski definition) is 2. The molecule has 0 unspecified atom stereocenters. The zero-order valence-corrected chi connectivity index (χ0v) is 9.14. The Morgan fingerprint density at radius 2 is 2.18 bits per heavy atom. The van der Waals surface area contributed by atoms with Crippen molar-refractivity contribution >= 4 is 6.03 Å². The molecule has 7 heteroatoms. The van der Waals surface area contributed by atoms with E-state index in [1.54, 1.807) is 6.07 Å². The first-order chi connectivity index (χ1) is 7.90. The van der Waals surface area contributed by atoms with E-state index in [0.717, 1.165) is 0 Å². The highest BCUT2D eigenvalue weighted by molar-refractivity contribution is 5.73. The van der Waals surface area contributed by atoms with E-state index in [9.17, 15) is 18.0 Å². The molecule has 1 heterocycles. The Morgan fingerprint density at radius 1 is 1.47 bits per heavy atom. The van der Waals surface area contributed by atoms with Crippen LogP contribution in [0.1, 0.15) is 11.3 Å². The van der Waals surface area contributed by atoms with Crippen LogP contribution in [0.3, 0.4) is 0 Å². The van der Waals surface area contributed by atoms with Gasteiger partial charge in [0.1, 0.15) is 0 Å². The standard InChI is InChI=1S/C10H12F3N3O/c1-14-9(17)16-6-7-2-3-15-8(4-7)5-10(11,12)13/h2-4H,5-6H2,1H3,(H2,14,16,17). The fraction of sp³-hybridized carbons (Fsp3) is 0.400. The van der Waals surface area contributed by atoms with E-state index in [1.807, 2.05) is 0 Å². The van der Waals surface area contributed by atoms with E-state index >= 15 is 0 Å². The number of carbonyl (C=O) groups is 1. The molecule has 0 radical (unpaired) electrons. The fourth-order valence-electron chi connectivity index (χ4n) is 1.21. The van der Waals surface area contributed by atoms with Crippen LogP contribution in [0.5, 0.6) is 0 Å². The van der Waals surface area contributed by atoms with Crippen LogP contribution < -0.4 is 10.6 Å². The molecular weight excluding hydrogens is 235 g/mol. The topological polar surface area (TPSA) is 54.0 Å². The molecule has 0 fully saturated rings. The molecule has 94 valence electrons. The van der Waals surface area contributed by atoms with Crippen molar-refractivity contribution in [2.45, 2.75) is 19.1 Å². The van der Waals surface area contributed by atoms with E-state index in [-0.39, 0.29) is 18.3 Å². The molecule has 0 saturated heterocycles. The molecular formula is C10H12F3N3O. The molecule has 1 aromatic rings. The van der Waals surface area contributed by atoms with E-state index in [2.05, 4.69) is 15.6 Å². The number of amides is 2. The molecule has 1 aromatic heterocycles. The number of alkyl halides is 3. The maximum absolute atomic E-state index is 12.1. The first kappa shape index (κ1) is 13.3. The molecule has 0 aliphatic carbocycles. The van der Waals surface area contributed by atoms with Gasteiger partial charge in [-0.3, -0.25) is 4.98 Å². The summed E-state index contributed by atoms with van der Waals surface area (Å²) >= 11 is 0. The van der Waals surface area contributed by atoms with Gasteiger partial charge in [0.15, 0.2) is 0 Å². The Labute approximate surface area is 96.2 Å². The number of aromatic nitrogens is 1. The smallest absolute Gasteiger partial charge is 0.341 e. The van der Waals surface area contributed by atoms with Gasteiger partial charge >= 0.3 is 12.2 Å². The second kappa shape index (κ2) is 5.51. The molecule has 2 N–H and O–H groups in total. The summed E-state index contributed by atoms with van der Waals surface area (Å²) in [6.07, 6.45) is -4.05. The summed E-state index contributed by atoms with van der Waals surface area (Å²) in [5.41, 5.74) is 0.511. The van der Waals surface area contributed by atoms with Crippen molar-refractivity contribution < 1.29 is 18.0 Å². The van der Waals surface area contributed by atoms with Gasteiger partial charge in [-0.25, -0.2) is 4.79 Å². The van der Waals surface area contributed by atoms with Crippen LogP contribution in [0.15, 0.2) is 18.3 Å². The van der Waals surface area contributed by atoms with E-state index < -0.39 is 12.6 Å². The summed E-state index contributed by atoms with van der Waals surface area (Å²) < 4.78 is 36.4. The van der Waals surface area contributed by atoms with Gasteiger partial charge in [-0.2, -0.15) is 13.2 Å². The summed E-state index contributed by atoms with van der Waals surface area (Å²) in [7, 11) is 1.46. The number of halogens is 3. The van der Waals surface area contributed by atoms with Gasteiger partial charge in [0.25, 0.3) is 0 Å². The Balaban J connectivity index is 2.63. The number of rotatable bonds is 3. The van der Waals surface area contributed by atoms with Gasteiger partial charge < -0.3 is 10.6 Å². The van der Waals surface area contributed by atoms with Crippen LogP contribution in [0.2, 0.25) is 0 Å². The number of pyridine rings is 1. The SMILES string of the molecule is CNC(=O)NCc1ccnc(CC(F)(F)F)c1. The average molecular weight is 247 g/mol. The minimum atomic E-state index is -4.28. The molecule has 0 aliphatic heterocycles. The highest BCUT2D eigenvalue weighted by atomic mass is 19.4. The maximum Gasteiger partial charge on any atom is 0.394 e. The second-order valence-electron chi connectivity index (χ2n) is 3.38. The number of carbonyl (C=O) groups excluding carboxylic acids is 1. The Bertz CT molecular complexity index is 393. The zero-order chi connectivity index (χ0) is 12.9. The summed E-state index contributed by atoms with van der Waals surface area (Å²) in [6.45, 7) is 0.160. The van der Waals surface area contributed by atoms with Crippen molar-refractivity contribution in [2.75, 3.05) is 7.05 Å². The molecule has 0 bridgehead atoms. The normalized spacial score (nSPS) is 11.1. The lowest BCUT2D eigenvalue weighted by Crippen LogP contribution is -2.32. The summed E-state index contributed by atoms with van der Waals surface area (Å²) in [5.74, 6) is 0. The highest BCUT2D eigenvalue weighted by Crippen LogP contribution is 2.20. The predicted octanol–water partition coefficient (Wildman–Crippen LogP) is 1.62. The number of hydrogen-bond donors (Lipinski definition) is 2. The van der Waals surface area contributed by atoms with E-state index in [0.29, 0.717) is 5.56 Å². The van der Waals surface area contributed by atoms with Crippen molar-refractivity contribution in [3.05, 3.63) is 29.6 Å². The highest BCUT2D eigenvalue weighted by Gasteiger charge is 2.28. The summed E-state index contributed by atoms with van der Waals surface area (Å²) in [6, 6.07) is 2.48. The van der Waals surface area contributed by atoms with Crippen LogP contribution in [0, 0.1) is 0 Å². The molecule has 1 rings (SSSR count). The first-order valence-electron chi connectivity index (χ1n) is 4.87. The van der Waals surface area contributed by atoms with Crippen molar-refractivity contribution in [3.8, 4) is 0 Å². The Kier molecular flexibility index (Phi) is 4.30. The van der Waals surface area contributed by atoms with E-state index in [4.69, 9.17) is 0 Å².